The number of carbonyl (C=O) groups excluding carboxylic acids is 1. The summed E-state index contributed by atoms with van der Waals surface area (Å²) in [6.07, 6.45) is 4.22. The van der Waals surface area contributed by atoms with Crippen LogP contribution in [0.25, 0.3) is 0 Å². The molecule has 2 aromatic rings. The second kappa shape index (κ2) is 8.81. The van der Waals surface area contributed by atoms with Crippen molar-refractivity contribution in [2.24, 2.45) is 11.8 Å². The second-order valence-electron chi connectivity index (χ2n) is 9.64. The van der Waals surface area contributed by atoms with Gasteiger partial charge < -0.3 is 10.0 Å². The number of carbonyl (C=O) groups is 2. The molecule has 5 rings (SSSR count). The Labute approximate surface area is 204 Å². The lowest BCUT2D eigenvalue weighted by molar-refractivity contribution is -0.141. The van der Waals surface area contributed by atoms with Crippen LogP contribution in [-0.2, 0) is 9.59 Å². The predicted molar refractivity (Wildman–Crippen MR) is 129 cm³/mol. The smallest absolute Gasteiger partial charge is 0.308 e. The SMILES string of the molecule is CC1=C(CC(=O)O)C(=O)N(C(C2CC2)C2CC2)[C@H](c2ccc(Cl)cc2)[C@H]1c1cccc(Cl)c1. The summed E-state index contributed by atoms with van der Waals surface area (Å²) in [5.74, 6) is -0.322. The lowest BCUT2D eigenvalue weighted by Gasteiger charge is -2.47. The first-order valence-electron chi connectivity index (χ1n) is 11.6. The number of aliphatic carboxylic acids is 1. The molecule has 2 atom stereocenters. The summed E-state index contributed by atoms with van der Waals surface area (Å²) >= 11 is 12.6. The molecule has 33 heavy (non-hydrogen) atoms. The number of hydrogen-bond donors (Lipinski definition) is 1. The molecule has 0 unspecified atom stereocenters. The molecule has 0 radical (unpaired) electrons. The average molecular weight is 484 g/mol. The zero-order valence-corrected chi connectivity index (χ0v) is 20.0. The Bertz CT molecular complexity index is 1110. The van der Waals surface area contributed by atoms with Crippen molar-refractivity contribution in [3.63, 3.8) is 0 Å². The van der Waals surface area contributed by atoms with Gasteiger partial charge in [0.1, 0.15) is 0 Å². The van der Waals surface area contributed by atoms with Gasteiger partial charge in [-0.15, -0.1) is 0 Å². The van der Waals surface area contributed by atoms with Crippen molar-refractivity contribution in [1.29, 1.82) is 0 Å². The molecule has 2 aliphatic carbocycles. The van der Waals surface area contributed by atoms with Crippen molar-refractivity contribution in [3.8, 4) is 0 Å². The second-order valence-corrected chi connectivity index (χ2v) is 10.5. The van der Waals surface area contributed by atoms with Gasteiger partial charge in [0.05, 0.1) is 12.5 Å². The minimum atomic E-state index is -0.984. The molecule has 172 valence electrons. The standard InChI is InChI=1S/C27H27Cl2NO3/c1-15-22(14-23(31)32)27(33)30(25(16-5-6-16)17-7-8-17)26(18-9-11-20(28)12-10-18)24(15)19-3-2-4-21(29)13-19/h2-4,9-13,16-17,24-26H,5-8,14H2,1H3,(H,31,32)/t24-,26-/m1/s1. The Balaban J connectivity index is 1.73. The van der Waals surface area contributed by atoms with E-state index in [9.17, 15) is 14.7 Å². The van der Waals surface area contributed by atoms with Crippen LogP contribution in [0.5, 0.6) is 0 Å². The molecule has 0 aromatic heterocycles. The summed E-state index contributed by atoms with van der Waals surface area (Å²) in [5, 5.41) is 10.9. The van der Waals surface area contributed by atoms with Gasteiger partial charge in [-0.3, -0.25) is 9.59 Å². The molecular weight excluding hydrogens is 457 g/mol. The van der Waals surface area contributed by atoms with Crippen LogP contribution in [0.3, 0.4) is 0 Å². The van der Waals surface area contributed by atoms with Gasteiger partial charge in [0.25, 0.3) is 5.91 Å². The number of carboxylic acids is 1. The van der Waals surface area contributed by atoms with E-state index >= 15 is 0 Å². The van der Waals surface area contributed by atoms with Crippen LogP contribution in [0, 0.1) is 11.8 Å². The molecule has 3 aliphatic rings. The lowest BCUT2D eigenvalue weighted by atomic mass is 9.74. The predicted octanol–water partition coefficient (Wildman–Crippen LogP) is 6.64. The van der Waals surface area contributed by atoms with E-state index in [1.165, 1.54) is 0 Å². The van der Waals surface area contributed by atoms with Gasteiger partial charge in [-0.2, -0.15) is 0 Å². The zero-order valence-electron chi connectivity index (χ0n) is 18.5. The summed E-state index contributed by atoms with van der Waals surface area (Å²) in [6, 6.07) is 15.3. The molecule has 4 nitrogen and oxygen atoms in total. The van der Waals surface area contributed by atoms with Crippen LogP contribution in [0.4, 0.5) is 0 Å². The number of halogens is 2. The summed E-state index contributed by atoms with van der Waals surface area (Å²) in [6.45, 7) is 1.91. The van der Waals surface area contributed by atoms with Crippen molar-refractivity contribution in [3.05, 3.63) is 80.8 Å². The fraction of sp³-hybridized carbons (Fsp3) is 0.407. The highest BCUT2D eigenvalue weighted by atomic mass is 35.5. The number of carboxylic acid groups (broad SMARTS) is 1. The van der Waals surface area contributed by atoms with Crippen molar-refractivity contribution in [2.75, 3.05) is 0 Å². The number of nitrogens with zero attached hydrogens (tertiary/aromatic N) is 1. The molecule has 2 fully saturated rings. The van der Waals surface area contributed by atoms with Gasteiger partial charge in [-0.05, 0) is 79.8 Å². The minimum absolute atomic E-state index is 0.128. The van der Waals surface area contributed by atoms with Crippen LogP contribution in [-0.4, -0.2) is 27.9 Å². The Kier molecular flexibility index (Phi) is 6.00. The van der Waals surface area contributed by atoms with Crippen molar-refractivity contribution in [2.45, 2.75) is 57.0 Å². The highest BCUT2D eigenvalue weighted by molar-refractivity contribution is 6.30. The average Bonchev–Trinajstić information content (AvgIpc) is 3.68. The zero-order chi connectivity index (χ0) is 23.3. The van der Waals surface area contributed by atoms with Gasteiger partial charge in [-0.1, -0.05) is 53.0 Å². The van der Waals surface area contributed by atoms with Crippen LogP contribution in [0.15, 0.2) is 59.7 Å². The molecule has 0 spiro atoms. The third kappa shape index (κ3) is 4.43. The lowest BCUT2D eigenvalue weighted by Crippen LogP contribution is -2.51. The third-order valence-corrected chi connectivity index (χ3v) is 7.82. The van der Waals surface area contributed by atoms with Crippen molar-refractivity contribution >= 4 is 35.1 Å². The third-order valence-electron chi connectivity index (χ3n) is 7.33. The number of rotatable bonds is 7. The van der Waals surface area contributed by atoms with E-state index in [0.29, 0.717) is 27.5 Å². The molecule has 2 saturated carbocycles. The fourth-order valence-corrected chi connectivity index (χ4v) is 5.91. The first-order chi connectivity index (χ1) is 15.8. The van der Waals surface area contributed by atoms with E-state index in [0.717, 1.165) is 42.4 Å². The topological polar surface area (TPSA) is 57.6 Å². The normalized spacial score (nSPS) is 23.4. The summed E-state index contributed by atoms with van der Waals surface area (Å²) in [4.78, 5) is 27.8. The molecule has 1 aliphatic heterocycles. The van der Waals surface area contributed by atoms with Gasteiger partial charge in [-0.25, -0.2) is 0 Å². The minimum Gasteiger partial charge on any atom is -0.481 e. The summed E-state index contributed by atoms with van der Waals surface area (Å²) < 4.78 is 0. The van der Waals surface area contributed by atoms with Crippen LogP contribution >= 0.6 is 23.2 Å². The first-order valence-corrected chi connectivity index (χ1v) is 12.4. The molecule has 1 N–H and O–H groups in total. The fourth-order valence-electron chi connectivity index (χ4n) is 5.58. The van der Waals surface area contributed by atoms with Crippen molar-refractivity contribution < 1.29 is 14.7 Å². The van der Waals surface area contributed by atoms with Crippen LogP contribution in [0.2, 0.25) is 10.0 Å². The van der Waals surface area contributed by atoms with Crippen LogP contribution in [0.1, 0.15) is 62.1 Å². The Morgan fingerprint density at radius 1 is 1.00 bits per heavy atom. The molecule has 0 bridgehead atoms. The molecule has 1 heterocycles. The Hall–Kier alpha value is -2.30. The molecular formula is C27H27Cl2NO3. The van der Waals surface area contributed by atoms with E-state index in [-0.39, 0.29) is 30.3 Å². The molecule has 1 amide bonds. The summed E-state index contributed by atoms with van der Waals surface area (Å²) in [5.41, 5.74) is 3.22. The monoisotopic (exact) mass is 483 g/mol. The maximum Gasteiger partial charge on any atom is 0.308 e. The largest absolute Gasteiger partial charge is 0.481 e. The quantitative estimate of drug-likeness (QED) is 0.479. The van der Waals surface area contributed by atoms with E-state index in [2.05, 4.69) is 4.90 Å². The highest BCUT2D eigenvalue weighted by Gasteiger charge is 2.52. The number of amides is 1. The molecule has 6 heteroatoms. The van der Waals surface area contributed by atoms with Gasteiger partial charge in [0.15, 0.2) is 0 Å². The van der Waals surface area contributed by atoms with Crippen molar-refractivity contribution in [1.82, 2.24) is 4.90 Å². The maximum atomic E-state index is 14.0. The van der Waals surface area contributed by atoms with Gasteiger partial charge in [0, 0.05) is 27.6 Å². The first kappa shape index (κ1) is 22.5. The number of hydrogen-bond acceptors (Lipinski definition) is 2. The maximum absolute atomic E-state index is 14.0. The van der Waals surface area contributed by atoms with E-state index in [1.54, 1.807) is 0 Å². The van der Waals surface area contributed by atoms with Crippen LogP contribution < -0.4 is 0 Å². The van der Waals surface area contributed by atoms with E-state index < -0.39 is 5.97 Å². The Morgan fingerprint density at radius 2 is 1.64 bits per heavy atom. The summed E-state index contributed by atoms with van der Waals surface area (Å²) in [7, 11) is 0. The molecule has 2 aromatic carbocycles. The van der Waals surface area contributed by atoms with E-state index in [4.69, 9.17) is 23.2 Å². The van der Waals surface area contributed by atoms with E-state index in [1.807, 2.05) is 55.5 Å². The molecule has 0 saturated heterocycles. The Morgan fingerprint density at radius 3 is 2.18 bits per heavy atom. The van der Waals surface area contributed by atoms with Gasteiger partial charge in [0.2, 0.25) is 0 Å². The highest BCUT2D eigenvalue weighted by Crippen LogP contribution is 2.55. The van der Waals surface area contributed by atoms with Gasteiger partial charge >= 0.3 is 5.97 Å². The number of benzene rings is 2.